The van der Waals surface area contributed by atoms with E-state index in [2.05, 4.69) is 12.2 Å². The maximum absolute atomic E-state index is 11.6. The molecule has 1 N–H and O–H groups in total. The number of hydrogen-bond acceptors (Lipinski definition) is 2. The van der Waals surface area contributed by atoms with Crippen molar-refractivity contribution in [3.05, 3.63) is 35.9 Å². The molecule has 0 aliphatic carbocycles. The van der Waals surface area contributed by atoms with Crippen molar-refractivity contribution >= 4 is 17.7 Å². The quantitative estimate of drug-likeness (QED) is 0.810. The number of benzene rings is 1. The lowest BCUT2D eigenvalue weighted by Crippen LogP contribution is -2.30. The third-order valence-electron chi connectivity index (χ3n) is 2.84. The number of amides is 1. The van der Waals surface area contributed by atoms with Crippen molar-refractivity contribution in [3.8, 4) is 0 Å². The number of rotatable bonds is 5. The van der Waals surface area contributed by atoms with Gasteiger partial charge in [-0.1, -0.05) is 19.1 Å². The van der Waals surface area contributed by atoms with Crippen LogP contribution >= 0.6 is 0 Å². The highest BCUT2D eigenvalue weighted by Gasteiger charge is 2.01. The van der Waals surface area contributed by atoms with Crippen LogP contribution in [0.5, 0.6) is 0 Å². The number of nitrogens with zero attached hydrogens (tertiary/aromatic N) is 1. The minimum atomic E-state index is -0.0407. The second-order valence-corrected chi connectivity index (χ2v) is 4.64. The van der Waals surface area contributed by atoms with Crippen LogP contribution < -0.4 is 10.2 Å². The first-order valence-electron chi connectivity index (χ1n) is 6.29. The van der Waals surface area contributed by atoms with E-state index < -0.39 is 0 Å². The van der Waals surface area contributed by atoms with Gasteiger partial charge in [-0.3, -0.25) is 4.79 Å². The number of anilines is 1. The molecule has 1 aromatic carbocycles. The predicted octanol–water partition coefficient (Wildman–Crippen LogP) is 2.68. The predicted molar refractivity (Wildman–Crippen MR) is 77.7 cm³/mol. The summed E-state index contributed by atoms with van der Waals surface area (Å²) in [7, 11) is 4.01. The normalized spacial score (nSPS) is 12.4. The number of hydrogen-bond donors (Lipinski definition) is 1. The lowest BCUT2D eigenvalue weighted by molar-refractivity contribution is -0.117. The van der Waals surface area contributed by atoms with Crippen LogP contribution in [0.1, 0.15) is 25.8 Å². The molecule has 3 nitrogen and oxygen atoms in total. The van der Waals surface area contributed by atoms with Gasteiger partial charge in [-0.05, 0) is 37.1 Å². The van der Waals surface area contributed by atoms with E-state index in [0.29, 0.717) is 0 Å². The number of carbonyl (C=O) groups is 1. The van der Waals surface area contributed by atoms with E-state index in [1.54, 1.807) is 6.08 Å². The van der Waals surface area contributed by atoms with Crippen LogP contribution in [-0.2, 0) is 4.79 Å². The van der Waals surface area contributed by atoms with Gasteiger partial charge in [0.15, 0.2) is 0 Å². The summed E-state index contributed by atoms with van der Waals surface area (Å²) >= 11 is 0. The van der Waals surface area contributed by atoms with Gasteiger partial charge in [-0.25, -0.2) is 0 Å². The number of nitrogens with one attached hydrogen (secondary N) is 1. The van der Waals surface area contributed by atoms with Gasteiger partial charge in [0.25, 0.3) is 0 Å². The average molecular weight is 246 g/mol. The van der Waals surface area contributed by atoms with Crippen LogP contribution in [0.15, 0.2) is 30.3 Å². The van der Waals surface area contributed by atoms with E-state index in [1.165, 1.54) is 0 Å². The molecule has 0 aliphatic heterocycles. The molecule has 0 unspecified atom stereocenters. The van der Waals surface area contributed by atoms with Gasteiger partial charge in [-0.2, -0.15) is 0 Å². The van der Waals surface area contributed by atoms with Crippen LogP contribution in [0, 0.1) is 0 Å². The second-order valence-electron chi connectivity index (χ2n) is 4.64. The zero-order valence-electron chi connectivity index (χ0n) is 11.6. The van der Waals surface area contributed by atoms with Crippen molar-refractivity contribution in [3.63, 3.8) is 0 Å². The molecule has 0 radical (unpaired) electrons. The highest BCUT2D eigenvalue weighted by atomic mass is 16.1. The van der Waals surface area contributed by atoms with Crippen molar-refractivity contribution in [2.75, 3.05) is 19.0 Å². The highest BCUT2D eigenvalue weighted by Crippen LogP contribution is 2.12. The fourth-order valence-electron chi connectivity index (χ4n) is 1.45. The summed E-state index contributed by atoms with van der Waals surface area (Å²) in [4.78, 5) is 13.6. The van der Waals surface area contributed by atoms with E-state index in [9.17, 15) is 4.79 Å². The first-order chi connectivity index (χ1) is 8.52. The molecule has 0 aromatic heterocycles. The van der Waals surface area contributed by atoms with E-state index in [0.717, 1.165) is 17.7 Å². The van der Waals surface area contributed by atoms with E-state index >= 15 is 0 Å². The maximum Gasteiger partial charge on any atom is 0.244 e. The summed E-state index contributed by atoms with van der Waals surface area (Å²) in [5, 5.41) is 2.90. The Balaban J connectivity index is 2.59. The van der Waals surface area contributed by atoms with Crippen LogP contribution in [0.25, 0.3) is 6.08 Å². The van der Waals surface area contributed by atoms with Crippen molar-refractivity contribution in [1.82, 2.24) is 5.32 Å². The first-order valence-corrected chi connectivity index (χ1v) is 6.29. The minimum Gasteiger partial charge on any atom is -0.378 e. The Labute approximate surface area is 109 Å². The molecule has 3 heteroatoms. The molecule has 1 atom stereocenters. The smallest absolute Gasteiger partial charge is 0.244 e. The summed E-state index contributed by atoms with van der Waals surface area (Å²) in [5.74, 6) is -0.0407. The van der Waals surface area contributed by atoms with E-state index in [1.807, 2.05) is 56.3 Å². The Morgan fingerprint density at radius 2 is 1.94 bits per heavy atom. The zero-order valence-corrected chi connectivity index (χ0v) is 11.6. The van der Waals surface area contributed by atoms with E-state index in [4.69, 9.17) is 0 Å². The lowest BCUT2D eigenvalue weighted by Gasteiger charge is -2.11. The SMILES string of the molecule is CC[C@@H](C)NC(=O)/C=C\c1ccc(N(C)C)cc1. The summed E-state index contributed by atoms with van der Waals surface area (Å²) in [6.07, 6.45) is 4.35. The minimum absolute atomic E-state index is 0.0407. The summed E-state index contributed by atoms with van der Waals surface area (Å²) in [6, 6.07) is 8.29. The third kappa shape index (κ3) is 4.62. The molecule has 18 heavy (non-hydrogen) atoms. The molecule has 0 aliphatic rings. The molecule has 0 bridgehead atoms. The third-order valence-corrected chi connectivity index (χ3v) is 2.84. The topological polar surface area (TPSA) is 32.3 Å². The van der Waals surface area contributed by atoms with Gasteiger partial charge in [0.2, 0.25) is 5.91 Å². The molecule has 1 rings (SSSR count). The Kier molecular flexibility index (Phi) is 5.43. The molecular formula is C15H22N2O. The Morgan fingerprint density at radius 3 is 2.44 bits per heavy atom. The van der Waals surface area contributed by atoms with Crippen LogP contribution in [0.3, 0.4) is 0 Å². The average Bonchev–Trinajstić information content (AvgIpc) is 2.36. The van der Waals surface area contributed by atoms with Gasteiger partial charge in [0.05, 0.1) is 0 Å². The zero-order chi connectivity index (χ0) is 13.5. The lowest BCUT2D eigenvalue weighted by atomic mass is 10.2. The van der Waals surface area contributed by atoms with Crippen molar-refractivity contribution in [1.29, 1.82) is 0 Å². The maximum atomic E-state index is 11.6. The molecule has 0 saturated carbocycles. The first kappa shape index (κ1) is 14.3. The largest absolute Gasteiger partial charge is 0.378 e. The fourth-order valence-corrected chi connectivity index (χ4v) is 1.45. The Bertz CT molecular complexity index is 407. The van der Waals surface area contributed by atoms with Gasteiger partial charge in [-0.15, -0.1) is 0 Å². The highest BCUT2D eigenvalue weighted by molar-refractivity contribution is 5.91. The second kappa shape index (κ2) is 6.84. The van der Waals surface area contributed by atoms with Crippen LogP contribution in [-0.4, -0.2) is 26.0 Å². The van der Waals surface area contributed by atoms with Crippen molar-refractivity contribution in [2.45, 2.75) is 26.3 Å². The summed E-state index contributed by atoms with van der Waals surface area (Å²) < 4.78 is 0. The molecule has 0 spiro atoms. The molecule has 0 saturated heterocycles. The Hall–Kier alpha value is -1.77. The molecular weight excluding hydrogens is 224 g/mol. The van der Waals surface area contributed by atoms with Gasteiger partial charge < -0.3 is 10.2 Å². The summed E-state index contributed by atoms with van der Waals surface area (Å²) in [6.45, 7) is 4.05. The standard InChI is InChI=1S/C15H22N2O/c1-5-12(2)16-15(18)11-8-13-6-9-14(10-7-13)17(3)4/h6-12H,5H2,1-4H3,(H,16,18)/b11-8-/t12-/m1/s1. The monoisotopic (exact) mass is 246 g/mol. The van der Waals surface area contributed by atoms with E-state index in [-0.39, 0.29) is 11.9 Å². The van der Waals surface area contributed by atoms with Gasteiger partial charge in [0, 0.05) is 31.9 Å². The van der Waals surface area contributed by atoms with Crippen molar-refractivity contribution < 1.29 is 4.79 Å². The van der Waals surface area contributed by atoms with Crippen LogP contribution in [0.2, 0.25) is 0 Å². The van der Waals surface area contributed by atoms with Gasteiger partial charge in [0.1, 0.15) is 0 Å². The van der Waals surface area contributed by atoms with Crippen molar-refractivity contribution in [2.24, 2.45) is 0 Å². The molecule has 98 valence electrons. The number of carbonyl (C=O) groups excluding carboxylic acids is 1. The van der Waals surface area contributed by atoms with Crippen LogP contribution in [0.4, 0.5) is 5.69 Å². The van der Waals surface area contributed by atoms with Gasteiger partial charge >= 0.3 is 0 Å². The molecule has 0 heterocycles. The fraction of sp³-hybridized carbons (Fsp3) is 0.400. The molecule has 1 aromatic rings. The molecule has 1 amide bonds. The summed E-state index contributed by atoms with van der Waals surface area (Å²) in [5.41, 5.74) is 2.18. The molecule has 0 fully saturated rings. The Morgan fingerprint density at radius 1 is 1.33 bits per heavy atom.